The molecule has 0 bridgehead atoms. The van der Waals surface area contributed by atoms with Gasteiger partial charge in [-0.05, 0) is 37.4 Å². The first kappa shape index (κ1) is 15.1. The van der Waals surface area contributed by atoms with Gasteiger partial charge >= 0.3 is 0 Å². The van der Waals surface area contributed by atoms with Crippen molar-refractivity contribution in [2.24, 2.45) is 7.05 Å². The molecule has 2 aromatic rings. The van der Waals surface area contributed by atoms with Gasteiger partial charge in [0.1, 0.15) is 0 Å². The van der Waals surface area contributed by atoms with E-state index in [0.717, 1.165) is 30.1 Å². The second-order valence-electron chi connectivity index (χ2n) is 5.14. The Bertz CT molecular complexity index is 543. The fourth-order valence-electron chi connectivity index (χ4n) is 2.46. The van der Waals surface area contributed by atoms with Crippen LogP contribution in [-0.2, 0) is 13.5 Å². The van der Waals surface area contributed by atoms with Gasteiger partial charge in [0.05, 0.1) is 23.0 Å². The number of hydrogen-bond donors (Lipinski definition) is 1. The van der Waals surface area contributed by atoms with E-state index in [0.29, 0.717) is 0 Å². The zero-order valence-electron chi connectivity index (χ0n) is 12.4. The van der Waals surface area contributed by atoms with E-state index in [9.17, 15) is 0 Å². The summed E-state index contributed by atoms with van der Waals surface area (Å²) >= 11 is 6.30. The molecule has 1 heterocycles. The van der Waals surface area contributed by atoms with Crippen molar-refractivity contribution in [3.63, 3.8) is 0 Å². The molecular formula is C16H22ClN3. The molecule has 0 saturated heterocycles. The van der Waals surface area contributed by atoms with E-state index in [1.165, 1.54) is 11.1 Å². The lowest BCUT2D eigenvalue weighted by molar-refractivity contribution is 0.493. The molecular weight excluding hydrogens is 270 g/mol. The van der Waals surface area contributed by atoms with Gasteiger partial charge in [-0.15, -0.1) is 0 Å². The molecule has 0 radical (unpaired) electrons. The van der Waals surface area contributed by atoms with E-state index in [4.69, 9.17) is 11.6 Å². The van der Waals surface area contributed by atoms with Gasteiger partial charge < -0.3 is 5.32 Å². The third kappa shape index (κ3) is 3.41. The van der Waals surface area contributed by atoms with Crippen LogP contribution in [0.4, 0.5) is 0 Å². The summed E-state index contributed by atoms with van der Waals surface area (Å²) in [5.41, 5.74) is 3.72. The van der Waals surface area contributed by atoms with Crippen molar-refractivity contribution < 1.29 is 0 Å². The van der Waals surface area contributed by atoms with Gasteiger partial charge in [0.2, 0.25) is 0 Å². The number of aromatic nitrogens is 2. The minimum atomic E-state index is 0.191. The van der Waals surface area contributed by atoms with Gasteiger partial charge in [0.25, 0.3) is 0 Å². The van der Waals surface area contributed by atoms with Crippen LogP contribution in [0.3, 0.4) is 0 Å². The van der Waals surface area contributed by atoms with Gasteiger partial charge in [-0.3, -0.25) is 4.68 Å². The molecule has 0 aliphatic carbocycles. The maximum Gasteiger partial charge on any atom is 0.0834 e. The second-order valence-corrected chi connectivity index (χ2v) is 5.55. The second kappa shape index (κ2) is 6.91. The Kier molecular flexibility index (Phi) is 5.21. The normalized spacial score (nSPS) is 12.6. The van der Waals surface area contributed by atoms with Gasteiger partial charge in [-0.25, -0.2) is 0 Å². The van der Waals surface area contributed by atoms with Crippen LogP contribution in [0.5, 0.6) is 0 Å². The first-order valence-corrected chi connectivity index (χ1v) is 7.46. The maximum absolute atomic E-state index is 6.30. The molecule has 0 spiro atoms. The monoisotopic (exact) mass is 291 g/mol. The molecule has 0 fully saturated rings. The van der Waals surface area contributed by atoms with Crippen LogP contribution in [0.1, 0.15) is 36.2 Å². The van der Waals surface area contributed by atoms with Crippen LogP contribution in [0, 0.1) is 6.92 Å². The van der Waals surface area contributed by atoms with Crippen LogP contribution >= 0.6 is 11.6 Å². The molecule has 1 unspecified atom stereocenters. The maximum atomic E-state index is 6.30. The van der Waals surface area contributed by atoms with Crippen LogP contribution in [-0.4, -0.2) is 16.3 Å². The van der Waals surface area contributed by atoms with Gasteiger partial charge in [0.15, 0.2) is 0 Å². The molecule has 0 amide bonds. The van der Waals surface area contributed by atoms with Crippen LogP contribution < -0.4 is 5.32 Å². The summed E-state index contributed by atoms with van der Waals surface area (Å²) in [6.45, 7) is 5.29. The predicted molar refractivity (Wildman–Crippen MR) is 84.1 cm³/mol. The molecule has 2 rings (SSSR count). The Balaban J connectivity index is 2.27. The van der Waals surface area contributed by atoms with Crippen LogP contribution in [0.25, 0.3) is 0 Å². The average molecular weight is 292 g/mol. The topological polar surface area (TPSA) is 29.9 Å². The lowest BCUT2D eigenvalue weighted by Crippen LogP contribution is -2.26. The Hall–Kier alpha value is -1.32. The van der Waals surface area contributed by atoms with E-state index in [-0.39, 0.29) is 6.04 Å². The Morgan fingerprint density at radius 2 is 2.10 bits per heavy atom. The fourth-order valence-corrected chi connectivity index (χ4v) is 2.75. The summed E-state index contributed by atoms with van der Waals surface area (Å²) in [6, 6.07) is 8.68. The molecule has 1 atom stereocenters. The molecule has 1 N–H and O–H groups in total. The highest BCUT2D eigenvalue weighted by molar-refractivity contribution is 6.31. The number of rotatable bonds is 6. The van der Waals surface area contributed by atoms with E-state index in [2.05, 4.69) is 48.5 Å². The largest absolute Gasteiger partial charge is 0.308 e. The Morgan fingerprint density at radius 1 is 1.35 bits per heavy atom. The fraction of sp³-hybridized carbons (Fsp3) is 0.438. The molecule has 108 valence electrons. The first-order valence-electron chi connectivity index (χ1n) is 7.08. The summed E-state index contributed by atoms with van der Waals surface area (Å²) in [4.78, 5) is 0. The summed E-state index contributed by atoms with van der Waals surface area (Å²) < 4.78 is 1.87. The summed E-state index contributed by atoms with van der Waals surface area (Å²) in [5, 5.41) is 8.57. The van der Waals surface area contributed by atoms with Gasteiger partial charge in [-0.2, -0.15) is 5.10 Å². The average Bonchev–Trinajstić information content (AvgIpc) is 2.76. The molecule has 20 heavy (non-hydrogen) atoms. The quantitative estimate of drug-likeness (QED) is 0.880. The zero-order chi connectivity index (χ0) is 14.5. The summed E-state index contributed by atoms with van der Waals surface area (Å²) in [6.07, 6.45) is 3.74. The molecule has 0 aliphatic rings. The predicted octanol–water partition coefficient (Wildman–Crippen LogP) is 3.67. The number of hydrogen-bond acceptors (Lipinski definition) is 2. The van der Waals surface area contributed by atoms with Crippen molar-refractivity contribution in [3.8, 4) is 0 Å². The van der Waals surface area contributed by atoms with Crippen molar-refractivity contribution >= 4 is 11.6 Å². The lowest BCUT2D eigenvalue weighted by Gasteiger charge is -2.20. The summed E-state index contributed by atoms with van der Waals surface area (Å²) in [7, 11) is 1.94. The number of benzene rings is 1. The van der Waals surface area contributed by atoms with Crippen LogP contribution in [0.2, 0.25) is 5.02 Å². The Morgan fingerprint density at radius 3 is 2.70 bits per heavy atom. The van der Waals surface area contributed by atoms with Crippen LogP contribution in [0.15, 0.2) is 30.5 Å². The van der Waals surface area contributed by atoms with Crippen molar-refractivity contribution in [1.29, 1.82) is 0 Å². The van der Waals surface area contributed by atoms with Crippen molar-refractivity contribution in [3.05, 3.63) is 52.3 Å². The van der Waals surface area contributed by atoms with E-state index in [1.54, 1.807) is 6.20 Å². The highest BCUT2D eigenvalue weighted by Crippen LogP contribution is 2.26. The third-order valence-electron chi connectivity index (χ3n) is 3.59. The minimum Gasteiger partial charge on any atom is -0.308 e. The molecule has 0 aliphatic heterocycles. The highest BCUT2D eigenvalue weighted by atomic mass is 35.5. The lowest BCUT2D eigenvalue weighted by atomic mass is 9.99. The smallest absolute Gasteiger partial charge is 0.0834 e. The van der Waals surface area contributed by atoms with E-state index < -0.39 is 0 Å². The molecule has 1 aromatic heterocycles. The molecule has 4 heteroatoms. The zero-order valence-corrected chi connectivity index (χ0v) is 13.1. The SMILES string of the molecule is CCCNC(Cc1ccccc1C)c1c(Cl)cnn1C. The number of nitrogens with one attached hydrogen (secondary N) is 1. The van der Waals surface area contributed by atoms with E-state index in [1.807, 2.05) is 11.7 Å². The number of halogens is 1. The first-order chi connectivity index (χ1) is 9.63. The molecule has 0 saturated carbocycles. The highest BCUT2D eigenvalue weighted by Gasteiger charge is 2.19. The van der Waals surface area contributed by atoms with Gasteiger partial charge in [0, 0.05) is 7.05 Å². The Labute approximate surface area is 126 Å². The molecule has 3 nitrogen and oxygen atoms in total. The van der Waals surface area contributed by atoms with Crippen molar-refractivity contribution in [1.82, 2.24) is 15.1 Å². The van der Waals surface area contributed by atoms with Gasteiger partial charge in [-0.1, -0.05) is 42.8 Å². The van der Waals surface area contributed by atoms with Crippen molar-refractivity contribution in [2.45, 2.75) is 32.7 Å². The third-order valence-corrected chi connectivity index (χ3v) is 3.88. The number of nitrogens with zero attached hydrogens (tertiary/aromatic N) is 2. The van der Waals surface area contributed by atoms with E-state index >= 15 is 0 Å². The molecule has 1 aromatic carbocycles. The van der Waals surface area contributed by atoms with Crippen molar-refractivity contribution in [2.75, 3.05) is 6.54 Å². The minimum absolute atomic E-state index is 0.191. The number of aryl methyl sites for hydroxylation is 2. The standard InChI is InChI=1S/C16H22ClN3/c1-4-9-18-15(16-14(17)11-19-20(16)3)10-13-8-6-5-7-12(13)2/h5-8,11,15,18H,4,9-10H2,1-3H3. The summed E-state index contributed by atoms with van der Waals surface area (Å²) in [5.74, 6) is 0.